The fourth-order valence-corrected chi connectivity index (χ4v) is 6.54. The number of nitrogens with one attached hydrogen (secondary N) is 4. The van der Waals surface area contributed by atoms with Gasteiger partial charge in [-0.1, -0.05) is 54.6 Å². The average Bonchev–Trinajstić information content (AvgIpc) is 3.54. The van der Waals surface area contributed by atoms with Gasteiger partial charge >= 0.3 is 0 Å². The third kappa shape index (κ3) is 10.3. The summed E-state index contributed by atoms with van der Waals surface area (Å²) in [5.41, 5.74) is 23.6. The van der Waals surface area contributed by atoms with Crippen LogP contribution in [0.15, 0.2) is 76.7 Å². The molecule has 0 aromatic heterocycles. The Labute approximate surface area is 305 Å². The molecule has 5 atom stereocenters. The van der Waals surface area contributed by atoms with E-state index in [4.69, 9.17) is 22.9 Å². The number of aliphatic imine (C=N–C) groups is 2. The third-order valence-electron chi connectivity index (χ3n) is 9.09. The van der Waals surface area contributed by atoms with E-state index in [0.29, 0.717) is 5.56 Å². The molecule has 0 saturated carbocycles. The van der Waals surface area contributed by atoms with Gasteiger partial charge in [-0.3, -0.25) is 29.0 Å². The fraction of sp³-hybridized carbons (Fsp3) is 0.361. The van der Waals surface area contributed by atoms with E-state index >= 15 is 0 Å². The average molecular weight is 728 g/mol. The minimum Gasteiger partial charge on any atom is -0.508 e. The summed E-state index contributed by atoms with van der Waals surface area (Å²) in [6.07, 6.45) is 0.462. The number of carbonyl (C=O) groups is 5. The number of phenols is 1. The molecule has 2 aliphatic heterocycles. The summed E-state index contributed by atoms with van der Waals surface area (Å²) in [5.74, 6) is -3.61. The summed E-state index contributed by atoms with van der Waals surface area (Å²) < 4.78 is 0. The number of rotatable bonds is 9. The van der Waals surface area contributed by atoms with Crippen LogP contribution in [0.5, 0.6) is 5.75 Å². The van der Waals surface area contributed by atoms with Gasteiger partial charge in [0, 0.05) is 32.4 Å². The molecule has 13 N–H and O–H groups in total. The van der Waals surface area contributed by atoms with Gasteiger partial charge in [0.1, 0.15) is 29.9 Å². The van der Waals surface area contributed by atoms with Gasteiger partial charge in [0.15, 0.2) is 11.9 Å². The molecule has 3 aromatic carbocycles. The molecule has 53 heavy (non-hydrogen) atoms. The number of aromatic hydroxyl groups is 1. The summed E-state index contributed by atoms with van der Waals surface area (Å²) >= 11 is 0. The Hall–Kier alpha value is -6.39. The smallest absolute Gasteiger partial charge is 0.246 e. The van der Waals surface area contributed by atoms with Crippen LogP contribution in [-0.2, 0) is 36.8 Å². The Balaban J connectivity index is 1.50. The van der Waals surface area contributed by atoms with Crippen molar-refractivity contribution in [3.63, 3.8) is 0 Å². The summed E-state index contributed by atoms with van der Waals surface area (Å²) in [7, 11) is 0. The van der Waals surface area contributed by atoms with Crippen LogP contribution in [0.3, 0.4) is 0 Å². The highest BCUT2D eigenvalue weighted by Gasteiger charge is 2.43. The number of fused-ring (bicyclic) bond motifs is 2. The molecule has 3 aromatic rings. The second kappa shape index (κ2) is 17.2. The maximum atomic E-state index is 14.3. The lowest BCUT2D eigenvalue weighted by atomic mass is 10.0. The minimum atomic E-state index is -1.19. The van der Waals surface area contributed by atoms with Crippen molar-refractivity contribution < 1.29 is 29.1 Å². The monoisotopic (exact) mass is 727 g/mol. The van der Waals surface area contributed by atoms with Gasteiger partial charge in [-0.25, -0.2) is 4.99 Å². The predicted molar refractivity (Wildman–Crippen MR) is 198 cm³/mol. The van der Waals surface area contributed by atoms with Crippen LogP contribution in [0.4, 0.5) is 0 Å². The molecule has 0 unspecified atom stereocenters. The highest BCUT2D eigenvalue weighted by atomic mass is 16.3. The second-order valence-electron chi connectivity index (χ2n) is 13.1. The van der Waals surface area contributed by atoms with Gasteiger partial charge in [-0.05, 0) is 46.9 Å². The standard InChI is InChI=1S/C36H45N11O6/c37-35(38)41-13-3-6-26-32(51)46-27(16-21-7-10-22-4-1-2-5-23(22)14-21)31(50)42-18-30(49)44-28(15-20-8-11-25(48)12-9-20)34(53)47-19-24(43-36(39)40)17-29(47)33(52)45-26/h1-2,4-5,7-12,14,24,26-29,48H,3,6,13,15-19H2,(H,42,50)(H,44,49)(H,45,52)(H,46,51)(H4,37,38,41)(H4,39,40,43)/t24-,26+,27+,28-,29+/m1/s1. The van der Waals surface area contributed by atoms with E-state index in [1.807, 2.05) is 42.5 Å². The molecule has 17 heteroatoms. The van der Waals surface area contributed by atoms with E-state index in [1.165, 1.54) is 17.0 Å². The number of nitrogens with two attached hydrogens (primary N) is 4. The molecule has 2 aliphatic rings. The highest BCUT2D eigenvalue weighted by molar-refractivity contribution is 5.98. The topological polar surface area (TPSA) is 286 Å². The second-order valence-corrected chi connectivity index (χ2v) is 13.1. The Morgan fingerprint density at radius 2 is 1.43 bits per heavy atom. The molecular weight excluding hydrogens is 682 g/mol. The minimum absolute atomic E-state index is 0.00531. The zero-order valence-corrected chi connectivity index (χ0v) is 29.0. The van der Waals surface area contributed by atoms with Crippen LogP contribution in [0.2, 0.25) is 0 Å². The van der Waals surface area contributed by atoms with E-state index in [1.54, 1.807) is 12.1 Å². The Morgan fingerprint density at radius 1 is 0.755 bits per heavy atom. The largest absolute Gasteiger partial charge is 0.508 e. The first-order valence-corrected chi connectivity index (χ1v) is 17.2. The molecule has 0 radical (unpaired) electrons. The van der Waals surface area contributed by atoms with E-state index in [2.05, 4.69) is 31.3 Å². The SMILES string of the molecule is NC(N)=NCCC[C@@H]1NC(=O)[C@@H]2C[C@@H](N=C(N)N)CN2C(=O)[C@@H](Cc2ccc(O)cc2)NC(=O)CNC(=O)[C@H](Cc2ccc3ccccc3c2)NC1=O. The lowest BCUT2D eigenvalue weighted by Crippen LogP contribution is -2.57. The highest BCUT2D eigenvalue weighted by Crippen LogP contribution is 2.24. The molecule has 2 fully saturated rings. The summed E-state index contributed by atoms with van der Waals surface area (Å²) in [6.45, 7) is -0.402. The van der Waals surface area contributed by atoms with Gasteiger partial charge in [-0.2, -0.15) is 0 Å². The van der Waals surface area contributed by atoms with E-state index < -0.39 is 66.3 Å². The fourth-order valence-electron chi connectivity index (χ4n) is 6.54. The van der Waals surface area contributed by atoms with Gasteiger partial charge in [0.2, 0.25) is 29.5 Å². The molecule has 2 saturated heterocycles. The van der Waals surface area contributed by atoms with Crippen LogP contribution in [0.1, 0.15) is 30.4 Å². The summed E-state index contributed by atoms with van der Waals surface area (Å²) in [5, 5.41) is 22.6. The molecule has 0 aliphatic carbocycles. The Kier molecular flexibility index (Phi) is 12.3. The van der Waals surface area contributed by atoms with Crippen molar-refractivity contribution in [2.75, 3.05) is 19.6 Å². The van der Waals surface area contributed by atoms with E-state index in [9.17, 15) is 29.1 Å². The normalized spacial score (nSPS) is 22.7. The van der Waals surface area contributed by atoms with Gasteiger partial charge in [0.05, 0.1) is 12.6 Å². The van der Waals surface area contributed by atoms with Crippen LogP contribution in [0, 0.1) is 0 Å². The van der Waals surface area contributed by atoms with Crippen LogP contribution >= 0.6 is 0 Å². The van der Waals surface area contributed by atoms with Crippen molar-refractivity contribution in [1.82, 2.24) is 26.2 Å². The molecule has 0 bridgehead atoms. The molecule has 17 nitrogen and oxygen atoms in total. The zero-order valence-electron chi connectivity index (χ0n) is 29.0. The van der Waals surface area contributed by atoms with Crippen molar-refractivity contribution >= 4 is 52.2 Å². The van der Waals surface area contributed by atoms with E-state index in [0.717, 1.165) is 16.3 Å². The van der Waals surface area contributed by atoms with Crippen molar-refractivity contribution in [3.8, 4) is 5.75 Å². The quantitative estimate of drug-likeness (QED) is 0.0678. The lowest BCUT2D eigenvalue weighted by molar-refractivity contribution is -0.142. The Bertz CT molecular complexity index is 1890. The van der Waals surface area contributed by atoms with Gasteiger partial charge in [-0.15, -0.1) is 0 Å². The van der Waals surface area contributed by atoms with Crippen LogP contribution < -0.4 is 44.2 Å². The number of hydrogen-bond acceptors (Lipinski definition) is 8. The third-order valence-corrected chi connectivity index (χ3v) is 9.09. The number of benzene rings is 3. The first kappa shape index (κ1) is 37.9. The maximum absolute atomic E-state index is 14.3. The van der Waals surface area contributed by atoms with Crippen LogP contribution in [-0.4, -0.2) is 101 Å². The summed E-state index contributed by atoms with van der Waals surface area (Å²) in [6, 6.07) is 14.2. The van der Waals surface area contributed by atoms with Crippen molar-refractivity contribution in [2.24, 2.45) is 32.9 Å². The molecular formula is C36H45N11O6. The number of guanidine groups is 2. The number of hydrogen-bond donors (Lipinski definition) is 9. The molecule has 5 rings (SSSR count). The van der Waals surface area contributed by atoms with Gasteiger partial charge in [0.25, 0.3) is 0 Å². The molecule has 5 amide bonds. The van der Waals surface area contributed by atoms with E-state index in [-0.39, 0.29) is 62.9 Å². The predicted octanol–water partition coefficient (Wildman–Crippen LogP) is -1.79. The maximum Gasteiger partial charge on any atom is 0.246 e. The van der Waals surface area contributed by atoms with Crippen molar-refractivity contribution in [2.45, 2.75) is 62.3 Å². The zero-order chi connectivity index (χ0) is 38.1. The molecule has 0 spiro atoms. The summed E-state index contributed by atoms with van der Waals surface area (Å²) in [4.78, 5) is 78.8. The van der Waals surface area contributed by atoms with Crippen molar-refractivity contribution in [3.05, 3.63) is 77.9 Å². The molecule has 280 valence electrons. The first-order chi connectivity index (χ1) is 25.4. The number of phenolic OH excluding ortho intramolecular Hbond substituents is 1. The lowest BCUT2D eigenvalue weighted by Gasteiger charge is -2.29. The van der Waals surface area contributed by atoms with Crippen molar-refractivity contribution in [1.29, 1.82) is 0 Å². The number of carbonyl (C=O) groups excluding carboxylic acids is 5. The van der Waals surface area contributed by atoms with Gasteiger partial charge < -0.3 is 54.2 Å². The number of amides is 5. The number of nitrogens with zero attached hydrogens (tertiary/aromatic N) is 3. The Morgan fingerprint density at radius 3 is 2.15 bits per heavy atom. The first-order valence-electron chi connectivity index (χ1n) is 17.2. The van der Waals surface area contributed by atoms with Crippen LogP contribution in [0.25, 0.3) is 10.8 Å². The molecule has 2 heterocycles.